The van der Waals surface area contributed by atoms with Crippen molar-refractivity contribution in [1.82, 2.24) is 4.90 Å². The van der Waals surface area contributed by atoms with Crippen LogP contribution in [0.5, 0.6) is 0 Å². The van der Waals surface area contributed by atoms with Gasteiger partial charge in [-0.25, -0.2) is 0 Å². The Bertz CT molecular complexity index is 331. The van der Waals surface area contributed by atoms with Gasteiger partial charge in [-0.2, -0.15) is 5.26 Å². The fourth-order valence-electron chi connectivity index (χ4n) is 2.72. The number of piperidine rings is 1. The zero-order valence-corrected chi connectivity index (χ0v) is 10.4. The number of likely N-dealkylation sites (tertiary alicyclic amines) is 1. The number of carbonyl (C=O) groups is 1. The molecule has 0 saturated carbocycles. The lowest BCUT2D eigenvalue weighted by Crippen LogP contribution is -2.47. The van der Waals surface area contributed by atoms with Crippen LogP contribution in [-0.2, 0) is 9.53 Å². The zero-order chi connectivity index (χ0) is 12.3. The van der Waals surface area contributed by atoms with E-state index in [0.29, 0.717) is 19.8 Å². The summed E-state index contributed by atoms with van der Waals surface area (Å²) in [5.74, 6) is 0.347. The fourth-order valence-corrected chi connectivity index (χ4v) is 2.72. The molecule has 1 unspecified atom stereocenters. The third kappa shape index (κ3) is 2.78. The predicted molar refractivity (Wildman–Crippen MR) is 63.1 cm³/mol. The molecule has 2 fully saturated rings. The molecule has 2 aliphatic heterocycles. The summed E-state index contributed by atoms with van der Waals surface area (Å²) in [6.45, 7) is 4.75. The van der Waals surface area contributed by atoms with E-state index in [1.165, 1.54) is 0 Å². The molecule has 4 heteroatoms. The van der Waals surface area contributed by atoms with Crippen LogP contribution in [0.2, 0.25) is 0 Å². The number of nitrogens with zero attached hydrogens (tertiary/aromatic N) is 2. The summed E-state index contributed by atoms with van der Waals surface area (Å²) in [7, 11) is 0. The normalized spacial score (nSPS) is 30.9. The van der Waals surface area contributed by atoms with Gasteiger partial charge in [0, 0.05) is 32.2 Å². The standard InChI is InChI=1S/C13H20N2O2/c1-13(9-14)5-2-6-15(10-13)12(16)11-3-7-17-8-4-11/h11H,2-8,10H2,1H3. The first-order chi connectivity index (χ1) is 8.14. The minimum atomic E-state index is -0.348. The van der Waals surface area contributed by atoms with Crippen LogP contribution in [0.4, 0.5) is 0 Å². The largest absolute Gasteiger partial charge is 0.381 e. The van der Waals surface area contributed by atoms with E-state index in [0.717, 1.165) is 32.2 Å². The van der Waals surface area contributed by atoms with E-state index in [9.17, 15) is 4.79 Å². The van der Waals surface area contributed by atoms with Crippen LogP contribution in [0.1, 0.15) is 32.6 Å². The molecule has 0 spiro atoms. The second-order valence-corrected chi connectivity index (χ2v) is 5.42. The van der Waals surface area contributed by atoms with E-state index >= 15 is 0 Å². The highest BCUT2D eigenvalue weighted by molar-refractivity contribution is 5.79. The molecule has 0 aromatic rings. The van der Waals surface area contributed by atoms with E-state index in [2.05, 4.69) is 6.07 Å². The Morgan fingerprint density at radius 2 is 2.18 bits per heavy atom. The van der Waals surface area contributed by atoms with Crippen molar-refractivity contribution in [3.05, 3.63) is 0 Å². The Kier molecular flexibility index (Phi) is 3.68. The summed E-state index contributed by atoms with van der Waals surface area (Å²) in [6, 6.07) is 2.35. The average Bonchev–Trinajstić information content (AvgIpc) is 2.39. The molecule has 94 valence electrons. The smallest absolute Gasteiger partial charge is 0.225 e. The van der Waals surface area contributed by atoms with Gasteiger partial charge in [0.25, 0.3) is 0 Å². The van der Waals surface area contributed by atoms with Gasteiger partial charge in [-0.05, 0) is 32.6 Å². The first-order valence-electron chi connectivity index (χ1n) is 6.42. The maximum Gasteiger partial charge on any atom is 0.225 e. The van der Waals surface area contributed by atoms with Gasteiger partial charge in [0.05, 0.1) is 11.5 Å². The molecular formula is C13H20N2O2. The van der Waals surface area contributed by atoms with E-state index in [1.54, 1.807) is 0 Å². The third-order valence-electron chi connectivity index (χ3n) is 3.85. The first kappa shape index (κ1) is 12.4. The second-order valence-electron chi connectivity index (χ2n) is 5.42. The summed E-state index contributed by atoms with van der Waals surface area (Å²) in [4.78, 5) is 14.2. The maximum absolute atomic E-state index is 12.3. The highest BCUT2D eigenvalue weighted by Crippen LogP contribution is 2.30. The first-order valence-corrected chi connectivity index (χ1v) is 6.42. The number of amides is 1. The summed E-state index contributed by atoms with van der Waals surface area (Å²) >= 11 is 0. The summed E-state index contributed by atoms with van der Waals surface area (Å²) < 4.78 is 5.28. The van der Waals surface area contributed by atoms with Gasteiger partial charge in [-0.3, -0.25) is 4.79 Å². The summed E-state index contributed by atoms with van der Waals surface area (Å²) in [6.07, 6.45) is 3.51. The number of rotatable bonds is 1. The number of ether oxygens (including phenoxy) is 1. The van der Waals surface area contributed by atoms with Gasteiger partial charge < -0.3 is 9.64 Å². The van der Waals surface area contributed by atoms with Crippen molar-refractivity contribution in [3.8, 4) is 6.07 Å². The van der Waals surface area contributed by atoms with Crippen LogP contribution in [0.15, 0.2) is 0 Å². The van der Waals surface area contributed by atoms with Crippen molar-refractivity contribution in [3.63, 3.8) is 0 Å². The molecule has 17 heavy (non-hydrogen) atoms. The van der Waals surface area contributed by atoms with Crippen LogP contribution in [0.25, 0.3) is 0 Å². The van der Waals surface area contributed by atoms with Gasteiger partial charge in [-0.15, -0.1) is 0 Å². The number of hydrogen-bond donors (Lipinski definition) is 0. The molecule has 4 nitrogen and oxygen atoms in total. The average molecular weight is 236 g/mol. The summed E-state index contributed by atoms with van der Waals surface area (Å²) in [5, 5.41) is 9.15. The molecule has 0 radical (unpaired) electrons. The monoisotopic (exact) mass is 236 g/mol. The van der Waals surface area contributed by atoms with Crippen molar-refractivity contribution in [1.29, 1.82) is 5.26 Å². The van der Waals surface area contributed by atoms with Crippen molar-refractivity contribution < 1.29 is 9.53 Å². The Labute approximate surface area is 103 Å². The highest BCUT2D eigenvalue weighted by atomic mass is 16.5. The Morgan fingerprint density at radius 1 is 1.47 bits per heavy atom. The van der Waals surface area contributed by atoms with Gasteiger partial charge in [-0.1, -0.05) is 0 Å². The lowest BCUT2D eigenvalue weighted by Gasteiger charge is -2.38. The summed E-state index contributed by atoms with van der Waals surface area (Å²) in [5.41, 5.74) is -0.348. The molecule has 2 saturated heterocycles. The quantitative estimate of drug-likeness (QED) is 0.694. The Hall–Kier alpha value is -1.08. The molecule has 0 aliphatic carbocycles. The SMILES string of the molecule is CC1(C#N)CCCN(C(=O)C2CCOCC2)C1. The van der Waals surface area contributed by atoms with Gasteiger partial charge in [0.1, 0.15) is 0 Å². The molecule has 0 aromatic carbocycles. The topological polar surface area (TPSA) is 53.3 Å². The predicted octanol–water partition coefficient (Wildman–Crippen LogP) is 1.57. The van der Waals surface area contributed by atoms with Crippen LogP contribution >= 0.6 is 0 Å². The molecule has 1 atom stereocenters. The van der Waals surface area contributed by atoms with E-state index in [1.807, 2.05) is 11.8 Å². The van der Waals surface area contributed by atoms with Crippen LogP contribution < -0.4 is 0 Å². The molecule has 1 amide bonds. The van der Waals surface area contributed by atoms with Crippen molar-refractivity contribution in [2.24, 2.45) is 11.3 Å². The lowest BCUT2D eigenvalue weighted by molar-refractivity contribution is -0.141. The minimum absolute atomic E-state index is 0.116. The molecule has 2 rings (SSSR count). The molecule has 2 aliphatic rings. The molecular weight excluding hydrogens is 216 g/mol. The maximum atomic E-state index is 12.3. The second kappa shape index (κ2) is 5.05. The number of hydrogen-bond acceptors (Lipinski definition) is 3. The van der Waals surface area contributed by atoms with Crippen molar-refractivity contribution >= 4 is 5.91 Å². The van der Waals surface area contributed by atoms with E-state index in [4.69, 9.17) is 10.00 Å². The number of nitriles is 1. The van der Waals surface area contributed by atoms with Crippen molar-refractivity contribution in [2.75, 3.05) is 26.3 Å². The van der Waals surface area contributed by atoms with Gasteiger partial charge in [0.15, 0.2) is 0 Å². The molecule has 0 aromatic heterocycles. The van der Waals surface area contributed by atoms with Crippen LogP contribution in [-0.4, -0.2) is 37.1 Å². The van der Waals surface area contributed by atoms with Gasteiger partial charge in [0.2, 0.25) is 5.91 Å². The van der Waals surface area contributed by atoms with E-state index in [-0.39, 0.29) is 17.2 Å². The third-order valence-corrected chi connectivity index (χ3v) is 3.85. The zero-order valence-electron chi connectivity index (χ0n) is 10.4. The number of carbonyl (C=O) groups excluding carboxylic acids is 1. The minimum Gasteiger partial charge on any atom is -0.381 e. The Morgan fingerprint density at radius 3 is 2.82 bits per heavy atom. The van der Waals surface area contributed by atoms with Crippen molar-refractivity contribution in [2.45, 2.75) is 32.6 Å². The van der Waals surface area contributed by atoms with Crippen LogP contribution in [0, 0.1) is 22.7 Å². The Balaban J connectivity index is 1.97. The lowest BCUT2D eigenvalue weighted by atomic mass is 9.83. The van der Waals surface area contributed by atoms with E-state index < -0.39 is 0 Å². The van der Waals surface area contributed by atoms with Gasteiger partial charge >= 0.3 is 0 Å². The highest BCUT2D eigenvalue weighted by Gasteiger charge is 2.35. The van der Waals surface area contributed by atoms with Crippen LogP contribution in [0.3, 0.4) is 0 Å². The fraction of sp³-hybridized carbons (Fsp3) is 0.846. The molecule has 0 bridgehead atoms. The molecule has 2 heterocycles. The molecule has 0 N–H and O–H groups in total.